The molecule has 0 aromatic rings. The first-order valence-corrected chi connectivity index (χ1v) is 13.0. The third-order valence-electron chi connectivity index (χ3n) is 6.88. The molecule has 0 radical (unpaired) electrons. The molecule has 1 aliphatic carbocycles. The number of methoxy groups -OCH3 is 1. The topological polar surface area (TPSA) is 88.6 Å². The van der Waals surface area contributed by atoms with Crippen molar-refractivity contribution >= 4 is 16.2 Å². The molecule has 3 heterocycles. The first kappa shape index (κ1) is 25.3. The summed E-state index contributed by atoms with van der Waals surface area (Å²) in [5.41, 5.74) is -0.298. The molecule has 1 saturated carbocycles. The van der Waals surface area contributed by atoms with E-state index in [9.17, 15) is 13.2 Å². The zero-order chi connectivity index (χ0) is 24.1. The number of carbonyl (C=O) groups excluding carboxylic acids is 1. The molecule has 3 fully saturated rings. The molecule has 10 heteroatoms. The first-order chi connectivity index (χ1) is 14.7. The zero-order valence-electron chi connectivity index (χ0n) is 20.7. The summed E-state index contributed by atoms with van der Waals surface area (Å²) in [6.07, 6.45) is 3.51. The Bertz CT molecular complexity index is 857. The molecule has 2 atom stereocenters. The molecule has 2 saturated heterocycles. The Balaban J connectivity index is 2.08. The van der Waals surface area contributed by atoms with E-state index in [4.69, 9.17) is 13.7 Å². The molecule has 184 valence electrons. The lowest BCUT2D eigenvalue weighted by atomic mass is 9.75. The lowest BCUT2D eigenvalue weighted by Crippen LogP contribution is -2.68. The summed E-state index contributed by atoms with van der Waals surface area (Å²) in [6, 6.07) is 0. The fourth-order valence-electron chi connectivity index (χ4n) is 5.65. The van der Waals surface area contributed by atoms with Gasteiger partial charge < -0.3 is 18.6 Å². The normalized spacial score (nSPS) is 32.2. The highest BCUT2D eigenvalue weighted by atomic mass is 32.2. The van der Waals surface area contributed by atoms with E-state index < -0.39 is 27.5 Å². The monoisotopic (exact) mass is 473 g/mol. The van der Waals surface area contributed by atoms with Gasteiger partial charge in [0.25, 0.3) is 0 Å². The van der Waals surface area contributed by atoms with Gasteiger partial charge in [-0.1, -0.05) is 0 Å². The van der Waals surface area contributed by atoms with E-state index in [1.165, 1.54) is 0 Å². The molecule has 32 heavy (non-hydrogen) atoms. The van der Waals surface area contributed by atoms with E-state index in [1.54, 1.807) is 12.0 Å². The molecule has 0 aromatic carbocycles. The third-order valence-corrected chi connectivity index (χ3v) is 7.37. The number of likely N-dealkylation sites (N-methyl/N-ethyl adjacent to an activating group) is 2. The van der Waals surface area contributed by atoms with Crippen LogP contribution in [0.15, 0.2) is 11.3 Å². The van der Waals surface area contributed by atoms with Gasteiger partial charge in [-0.3, -0.25) is 9.80 Å². The average Bonchev–Trinajstić information content (AvgIpc) is 2.95. The van der Waals surface area contributed by atoms with Gasteiger partial charge in [-0.05, 0) is 71.9 Å². The molecule has 9 nitrogen and oxygen atoms in total. The van der Waals surface area contributed by atoms with Crippen molar-refractivity contribution in [2.75, 3.05) is 40.6 Å². The SMILES string of the molecule is COC1C(OS(C)(=O)=O)=C(C)CN(C)C2N1CC1CCC2(N(C)C(=O)OC(C)(C)C)CC1. The first-order valence-electron chi connectivity index (χ1n) is 11.2. The Hall–Kier alpha value is -1.36. The van der Waals surface area contributed by atoms with Gasteiger partial charge in [0.2, 0.25) is 0 Å². The molecule has 0 aromatic heterocycles. The highest BCUT2D eigenvalue weighted by Gasteiger charge is 2.57. The molecular formula is C22H39N3O6S. The smallest absolute Gasteiger partial charge is 0.410 e. The van der Waals surface area contributed by atoms with Gasteiger partial charge in [-0.25, -0.2) is 4.79 Å². The number of ether oxygens (including phenoxy) is 2. The van der Waals surface area contributed by atoms with E-state index in [0.717, 1.165) is 44.1 Å². The minimum Gasteiger partial charge on any atom is -0.444 e. The number of hydrogen-bond acceptors (Lipinski definition) is 8. The lowest BCUT2D eigenvalue weighted by Gasteiger charge is -2.53. The van der Waals surface area contributed by atoms with Gasteiger partial charge in [0.1, 0.15) is 5.60 Å². The van der Waals surface area contributed by atoms with Crippen LogP contribution in [-0.2, 0) is 23.8 Å². The standard InChI is InChI=1S/C22H39N3O6S/c1-15-13-23(5)19-22(24(6)20(26)30-21(2,3)4)11-9-16(10-12-22)14-25(19)18(29-7)17(15)31-32(8,27)28/h16,18-19H,9-14H2,1-8H3. The highest BCUT2D eigenvalue weighted by Crippen LogP contribution is 2.47. The summed E-state index contributed by atoms with van der Waals surface area (Å²) in [5, 5.41) is 0. The molecule has 2 bridgehead atoms. The van der Waals surface area contributed by atoms with E-state index in [1.807, 2.05) is 41.8 Å². The second-order valence-corrected chi connectivity index (χ2v) is 12.2. The van der Waals surface area contributed by atoms with Crippen molar-refractivity contribution in [3.8, 4) is 0 Å². The van der Waals surface area contributed by atoms with Crippen molar-refractivity contribution in [2.45, 2.75) is 76.9 Å². The molecule has 0 N–H and O–H groups in total. The maximum atomic E-state index is 13.2. The Morgan fingerprint density at radius 2 is 1.81 bits per heavy atom. The van der Waals surface area contributed by atoms with Crippen LogP contribution in [-0.4, -0.2) is 93.3 Å². The highest BCUT2D eigenvalue weighted by molar-refractivity contribution is 7.86. The van der Waals surface area contributed by atoms with Gasteiger partial charge in [0, 0.05) is 27.2 Å². The van der Waals surface area contributed by atoms with Crippen LogP contribution in [0.5, 0.6) is 0 Å². The van der Waals surface area contributed by atoms with Gasteiger partial charge >= 0.3 is 16.2 Å². The van der Waals surface area contributed by atoms with E-state index in [-0.39, 0.29) is 12.3 Å². The zero-order valence-corrected chi connectivity index (χ0v) is 21.5. The van der Waals surface area contributed by atoms with Crippen LogP contribution in [0.4, 0.5) is 4.79 Å². The van der Waals surface area contributed by atoms with Crippen LogP contribution in [0.1, 0.15) is 53.4 Å². The number of carbonyl (C=O) groups is 1. The maximum Gasteiger partial charge on any atom is 0.410 e. The number of amides is 1. The lowest BCUT2D eigenvalue weighted by molar-refractivity contribution is -0.120. The summed E-state index contributed by atoms with van der Waals surface area (Å²) < 4.78 is 41.2. The summed E-state index contributed by atoms with van der Waals surface area (Å²) in [4.78, 5) is 19.4. The Labute approximate surface area is 192 Å². The van der Waals surface area contributed by atoms with Gasteiger partial charge in [-0.15, -0.1) is 0 Å². The van der Waals surface area contributed by atoms with Crippen molar-refractivity contribution in [1.29, 1.82) is 0 Å². The Morgan fingerprint density at radius 1 is 1.22 bits per heavy atom. The summed E-state index contributed by atoms with van der Waals surface area (Å²) in [6.45, 7) is 8.72. The second-order valence-electron chi connectivity index (χ2n) is 10.6. The average molecular weight is 474 g/mol. The molecular weight excluding hydrogens is 434 g/mol. The van der Waals surface area contributed by atoms with E-state index in [2.05, 4.69) is 9.80 Å². The van der Waals surface area contributed by atoms with Gasteiger partial charge in [-0.2, -0.15) is 8.42 Å². The van der Waals surface area contributed by atoms with Gasteiger partial charge in [0.05, 0.1) is 18.0 Å². The van der Waals surface area contributed by atoms with Crippen LogP contribution in [0, 0.1) is 5.92 Å². The minimum atomic E-state index is -3.72. The molecule has 2 unspecified atom stereocenters. The Morgan fingerprint density at radius 3 is 2.31 bits per heavy atom. The molecule has 0 spiro atoms. The van der Waals surface area contributed by atoms with E-state index in [0.29, 0.717) is 18.2 Å². The largest absolute Gasteiger partial charge is 0.444 e. The van der Waals surface area contributed by atoms with Crippen LogP contribution in [0.2, 0.25) is 0 Å². The number of nitrogens with zero attached hydrogens (tertiary/aromatic N) is 3. The van der Waals surface area contributed by atoms with Crippen molar-refractivity contribution in [2.24, 2.45) is 5.92 Å². The molecule has 4 rings (SSSR count). The van der Waals surface area contributed by atoms with Gasteiger partial charge in [0.15, 0.2) is 12.0 Å². The molecule has 4 aliphatic rings. The third kappa shape index (κ3) is 4.93. The predicted octanol–water partition coefficient (Wildman–Crippen LogP) is 2.59. The number of fused-ring (bicyclic) bond motifs is 2. The summed E-state index contributed by atoms with van der Waals surface area (Å²) in [7, 11) is 1.69. The fraction of sp³-hybridized carbons (Fsp3) is 0.864. The van der Waals surface area contributed by atoms with Crippen molar-refractivity contribution in [1.82, 2.24) is 14.7 Å². The quantitative estimate of drug-likeness (QED) is 0.576. The number of rotatable bonds is 4. The number of hydrogen-bond donors (Lipinski definition) is 0. The predicted molar refractivity (Wildman–Crippen MR) is 121 cm³/mol. The molecule has 1 amide bonds. The maximum absolute atomic E-state index is 13.2. The van der Waals surface area contributed by atoms with Crippen LogP contribution in [0.25, 0.3) is 0 Å². The van der Waals surface area contributed by atoms with Crippen LogP contribution in [0.3, 0.4) is 0 Å². The molecule has 3 aliphatic heterocycles. The second kappa shape index (κ2) is 8.77. The summed E-state index contributed by atoms with van der Waals surface area (Å²) >= 11 is 0. The van der Waals surface area contributed by atoms with Crippen molar-refractivity contribution < 1.29 is 26.9 Å². The Kier molecular flexibility index (Phi) is 6.93. The minimum absolute atomic E-state index is 0.187. The summed E-state index contributed by atoms with van der Waals surface area (Å²) in [5.74, 6) is 0.754. The van der Waals surface area contributed by atoms with Crippen LogP contribution >= 0.6 is 0 Å². The van der Waals surface area contributed by atoms with Crippen molar-refractivity contribution in [3.05, 3.63) is 11.3 Å². The fourth-order valence-corrected chi connectivity index (χ4v) is 6.20. The van der Waals surface area contributed by atoms with Crippen molar-refractivity contribution in [3.63, 3.8) is 0 Å². The van der Waals surface area contributed by atoms with E-state index >= 15 is 0 Å². The van der Waals surface area contributed by atoms with Crippen LogP contribution < -0.4 is 0 Å².